The van der Waals surface area contributed by atoms with Crippen LogP contribution in [0.5, 0.6) is 5.75 Å². The molecule has 10 heteroatoms. The Bertz CT molecular complexity index is 1040. The lowest BCUT2D eigenvalue weighted by molar-refractivity contribution is 0.00314. The van der Waals surface area contributed by atoms with Gasteiger partial charge in [-0.15, -0.1) is 0 Å². The van der Waals surface area contributed by atoms with Crippen LogP contribution in [0, 0.1) is 0 Å². The number of halogens is 1. The normalized spacial score (nSPS) is 13.1. The number of fused-ring (bicyclic) bond motifs is 1. The molecule has 9 nitrogen and oxygen atoms in total. The minimum atomic E-state index is -1.43. The summed E-state index contributed by atoms with van der Waals surface area (Å²) in [5, 5.41) is 26.0. The molecule has 0 saturated carbocycles. The molecule has 1 unspecified atom stereocenters. The molecular weight excluding hydrogens is 410 g/mol. The number of methoxy groups -OCH3 is 1. The largest absolute Gasteiger partial charge is 0.497 e. The molecule has 160 valence electrons. The van der Waals surface area contributed by atoms with Crippen LogP contribution in [0.4, 0.5) is 5.69 Å². The number of aliphatic hydroxyl groups is 2. The predicted octanol–water partition coefficient (Wildman–Crippen LogP) is 1.50. The third-order valence-electron chi connectivity index (χ3n) is 4.61. The molecule has 3 aromatic rings. The fourth-order valence-electron chi connectivity index (χ4n) is 2.87. The van der Waals surface area contributed by atoms with E-state index in [1.54, 1.807) is 13.2 Å². The van der Waals surface area contributed by atoms with Gasteiger partial charge in [0.25, 0.3) is 5.91 Å². The van der Waals surface area contributed by atoms with Crippen LogP contribution in [0.3, 0.4) is 0 Å². The van der Waals surface area contributed by atoms with Crippen molar-refractivity contribution in [3.8, 4) is 5.75 Å². The smallest absolute Gasteiger partial charge is 0.271 e. The highest BCUT2D eigenvalue weighted by atomic mass is 35.5. The molecule has 0 aliphatic carbocycles. The summed E-state index contributed by atoms with van der Waals surface area (Å²) in [6.07, 6.45) is 1.40. The maximum Gasteiger partial charge on any atom is 0.271 e. The predicted molar refractivity (Wildman–Crippen MR) is 113 cm³/mol. The van der Waals surface area contributed by atoms with E-state index in [2.05, 4.69) is 15.4 Å². The van der Waals surface area contributed by atoms with Crippen molar-refractivity contribution in [1.82, 2.24) is 19.9 Å². The van der Waals surface area contributed by atoms with E-state index in [4.69, 9.17) is 21.4 Å². The van der Waals surface area contributed by atoms with Crippen LogP contribution in [0.1, 0.15) is 23.0 Å². The first-order chi connectivity index (χ1) is 14.2. The number of carbonyl (C=O) groups is 1. The Labute approximate surface area is 178 Å². The molecule has 3 rings (SSSR count). The van der Waals surface area contributed by atoms with E-state index in [1.165, 1.54) is 17.6 Å². The van der Waals surface area contributed by atoms with E-state index >= 15 is 0 Å². The van der Waals surface area contributed by atoms with Crippen molar-refractivity contribution in [1.29, 1.82) is 0 Å². The molecule has 0 aliphatic heterocycles. The zero-order valence-corrected chi connectivity index (χ0v) is 17.7. The van der Waals surface area contributed by atoms with Gasteiger partial charge in [0.1, 0.15) is 11.4 Å². The molecule has 1 atom stereocenters. The van der Waals surface area contributed by atoms with Gasteiger partial charge in [0.05, 0.1) is 25.6 Å². The van der Waals surface area contributed by atoms with Gasteiger partial charge in [-0.1, -0.05) is 23.7 Å². The molecular formula is C20H24ClN5O4. The number of anilines is 1. The van der Waals surface area contributed by atoms with Crippen molar-refractivity contribution >= 4 is 28.8 Å². The average molecular weight is 434 g/mol. The van der Waals surface area contributed by atoms with Crippen molar-refractivity contribution in [3.63, 3.8) is 0 Å². The number of ether oxygens (including phenoxy) is 1. The minimum absolute atomic E-state index is 0.125. The number of rotatable bonds is 8. The molecule has 0 bridgehead atoms. The summed E-state index contributed by atoms with van der Waals surface area (Å²) in [6.45, 7) is 1.39. The van der Waals surface area contributed by atoms with Crippen molar-refractivity contribution < 1.29 is 19.7 Å². The lowest BCUT2D eigenvalue weighted by atomic mass is 10.1. The Balaban J connectivity index is 1.86. The van der Waals surface area contributed by atoms with E-state index in [1.807, 2.05) is 36.2 Å². The standard InChI is InChI=1S/C20H24ClN5O4/c1-20(29,12-27)11-23-19(28)16-9-22-18-15(8-17(21)24-26(16)18)25(2)10-13-4-6-14(30-3)7-5-13/h4-9,27,29H,10-12H2,1-3H3,(H,23,28). The Kier molecular flexibility index (Phi) is 6.45. The lowest BCUT2D eigenvalue weighted by Crippen LogP contribution is -2.43. The van der Waals surface area contributed by atoms with Crippen molar-refractivity contribution in [3.05, 3.63) is 52.9 Å². The molecule has 2 aromatic heterocycles. The highest BCUT2D eigenvalue weighted by molar-refractivity contribution is 6.29. The molecule has 30 heavy (non-hydrogen) atoms. The Morgan fingerprint density at radius 3 is 2.70 bits per heavy atom. The van der Waals surface area contributed by atoms with Gasteiger partial charge in [0.2, 0.25) is 0 Å². The third kappa shape index (κ3) is 4.81. The molecule has 3 N–H and O–H groups in total. The molecule has 0 spiro atoms. The number of nitrogens with zero attached hydrogens (tertiary/aromatic N) is 4. The minimum Gasteiger partial charge on any atom is -0.497 e. The Morgan fingerprint density at radius 2 is 2.07 bits per heavy atom. The number of hydrogen-bond donors (Lipinski definition) is 3. The van der Waals surface area contributed by atoms with Crippen molar-refractivity contribution in [2.45, 2.75) is 19.1 Å². The monoisotopic (exact) mass is 433 g/mol. The van der Waals surface area contributed by atoms with E-state index < -0.39 is 18.1 Å². The maximum absolute atomic E-state index is 12.6. The number of carbonyl (C=O) groups excluding carboxylic acids is 1. The second-order valence-corrected chi connectivity index (χ2v) is 7.66. The zero-order chi connectivity index (χ0) is 21.9. The van der Waals surface area contributed by atoms with Crippen LogP contribution in [0.15, 0.2) is 36.5 Å². The van der Waals surface area contributed by atoms with E-state index in [9.17, 15) is 9.90 Å². The second kappa shape index (κ2) is 8.86. The number of aliphatic hydroxyl groups excluding tert-OH is 1. The summed E-state index contributed by atoms with van der Waals surface area (Å²) in [5.41, 5.74) is 0.965. The summed E-state index contributed by atoms with van der Waals surface area (Å²) in [6, 6.07) is 9.39. The van der Waals surface area contributed by atoms with Crippen molar-refractivity contribution in [2.75, 3.05) is 32.2 Å². The topological polar surface area (TPSA) is 112 Å². The van der Waals surface area contributed by atoms with Crippen LogP contribution in [-0.4, -0.2) is 63.6 Å². The number of aromatic nitrogens is 3. The van der Waals surface area contributed by atoms with Gasteiger partial charge in [-0.2, -0.15) is 5.10 Å². The SMILES string of the molecule is COc1ccc(CN(C)c2cc(Cl)nn3c(C(=O)NCC(C)(O)CO)cnc23)cc1. The van der Waals surface area contributed by atoms with Crippen LogP contribution < -0.4 is 15.0 Å². The molecule has 0 fully saturated rings. The second-order valence-electron chi connectivity index (χ2n) is 7.27. The molecule has 1 amide bonds. The quantitative estimate of drug-likeness (QED) is 0.493. The van der Waals surface area contributed by atoms with Gasteiger partial charge in [0, 0.05) is 26.2 Å². The molecule has 1 aromatic carbocycles. The fourth-order valence-corrected chi connectivity index (χ4v) is 3.05. The first-order valence-electron chi connectivity index (χ1n) is 9.24. The molecule has 0 radical (unpaired) electrons. The van der Waals surface area contributed by atoms with E-state index in [-0.39, 0.29) is 17.4 Å². The van der Waals surface area contributed by atoms with Crippen LogP contribution in [-0.2, 0) is 6.54 Å². The zero-order valence-electron chi connectivity index (χ0n) is 17.0. The van der Waals surface area contributed by atoms with Gasteiger partial charge in [-0.05, 0) is 24.6 Å². The Hall–Kier alpha value is -2.88. The summed E-state index contributed by atoms with van der Waals surface area (Å²) < 4.78 is 6.55. The highest BCUT2D eigenvalue weighted by Crippen LogP contribution is 2.25. The first kappa shape index (κ1) is 21.8. The van der Waals surface area contributed by atoms with Crippen LogP contribution in [0.2, 0.25) is 5.15 Å². The summed E-state index contributed by atoms with van der Waals surface area (Å²) >= 11 is 6.21. The number of imidazole rings is 1. The van der Waals surface area contributed by atoms with Gasteiger partial charge >= 0.3 is 0 Å². The molecule has 2 heterocycles. The third-order valence-corrected chi connectivity index (χ3v) is 4.80. The van der Waals surface area contributed by atoms with Gasteiger partial charge in [-0.3, -0.25) is 4.79 Å². The highest BCUT2D eigenvalue weighted by Gasteiger charge is 2.23. The fraction of sp³-hybridized carbons (Fsp3) is 0.350. The number of amides is 1. The summed E-state index contributed by atoms with van der Waals surface area (Å²) in [4.78, 5) is 18.9. The lowest BCUT2D eigenvalue weighted by Gasteiger charge is -2.21. The van der Waals surface area contributed by atoms with Crippen molar-refractivity contribution in [2.24, 2.45) is 0 Å². The van der Waals surface area contributed by atoms with Gasteiger partial charge in [-0.25, -0.2) is 9.50 Å². The average Bonchev–Trinajstić information content (AvgIpc) is 3.15. The van der Waals surface area contributed by atoms with E-state index in [0.717, 1.165) is 11.3 Å². The number of hydrogen-bond acceptors (Lipinski definition) is 7. The van der Waals surface area contributed by atoms with Gasteiger partial charge in [0.15, 0.2) is 16.5 Å². The summed E-state index contributed by atoms with van der Waals surface area (Å²) in [7, 11) is 3.51. The summed E-state index contributed by atoms with van der Waals surface area (Å²) in [5.74, 6) is 0.287. The molecule has 0 aliphatic rings. The number of nitrogens with one attached hydrogen (secondary N) is 1. The first-order valence-corrected chi connectivity index (χ1v) is 9.61. The number of benzene rings is 1. The van der Waals surface area contributed by atoms with Gasteiger partial charge < -0.3 is 25.2 Å². The maximum atomic E-state index is 12.6. The molecule has 0 saturated heterocycles. The Morgan fingerprint density at radius 1 is 1.37 bits per heavy atom. The van der Waals surface area contributed by atoms with Crippen LogP contribution in [0.25, 0.3) is 5.65 Å². The van der Waals surface area contributed by atoms with Crippen LogP contribution >= 0.6 is 11.6 Å². The van der Waals surface area contributed by atoms with E-state index in [0.29, 0.717) is 17.9 Å².